The second-order valence-corrected chi connectivity index (χ2v) is 13.2. The predicted octanol–water partition coefficient (Wildman–Crippen LogP) is 7.33. The minimum Gasteiger partial charge on any atom is -0.685 e. The van der Waals surface area contributed by atoms with Gasteiger partial charge >= 0.3 is 0 Å². The third-order valence-corrected chi connectivity index (χ3v) is 9.87. The number of para-hydroxylation sites is 1. The average molecular weight is 724 g/mol. The third kappa shape index (κ3) is 14.3. The molecule has 1 aromatic rings. The van der Waals surface area contributed by atoms with Gasteiger partial charge in [-0.2, -0.15) is 6.20 Å². The van der Waals surface area contributed by atoms with Crippen LogP contribution in [0.3, 0.4) is 0 Å². The van der Waals surface area contributed by atoms with Crippen molar-refractivity contribution in [1.29, 1.82) is 0 Å². The molecule has 3 saturated heterocycles. The summed E-state index contributed by atoms with van der Waals surface area (Å²) in [6, 6.07) is 8.13. The second-order valence-electron chi connectivity index (χ2n) is 13.2. The molecule has 4 atom stereocenters. The molecule has 1 aromatic carbocycles. The summed E-state index contributed by atoms with van der Waals surface area (Å²) in [6.45, 7) is 8.67. The summed E-state index contributed by atoms with van der Waals surface area (Å²) in [5, 5.41) is 30.9. The molecule has 4 heterocycles. The molecule has 0 aromatic heterocycles. The van der Waals surface area contributed by atoms with E-state index in [1.54, 1.807) is 0 Å². The number of allylic oxidation sites excluding steroid dienone is 2. The van der Waals surface area contributed by atoms with Gasteiger partial charge < -0.3 is 31.8 Å². The minimum absolute atomic E-state index is 0. The molecule has 8 nitrogen and oxygen atoms in total. The van der Waals surface area contributed by atoms with Crippen LogP contribution in [0, 0.1) is 0 Å². The number of phenols is 1. The van der Waals surface area contributed by atoms with Crippen molar-refractivity contribution in [3.8, 4) is 5.75 Å². The van der Waals surface area contributed by atoms with Crippen LogP contribution < -0.4 is 0 Å². The summed E-state index contributed by atoms with van der Waals surface area (Å²) in [7, 11) is 0. The van der Waals surface area contributed by atoms with Gasteiger partial charge in [0.15, 0.2) is 0 Å². The number of nitrogens with zero attached hydrogens (tertiary/aromatic N) is 6. The number of aromatic hydroxyl groups is 1. The van der Waals surface area contributed by atoms with Crippen molar-refractivity contribution < 1.29 is 43.6 Å². The monoisotopic (exact) mass is 722 g/mol. The third-order valence-electron chi connectivity index (χ3n) is 9.87. The minimum atomic E-state index is 0. The Bertz CT molecular complexity index is 975. The molecule has 3 N–H and O–H groups in total. The molecule has 0 spiro atoms. The van der Waals surface area contributed by atoms with Crippen LogP contribution in [0.1, 0.15) is 94.6 Å². The van der Waals surface area contributed by atoms with Gasteiger partial charge in [-0.3, -0.25) is 9.80 Å². The summed E-state index contributed by atoms with van der Waals surface area (Å²) < 4.78 is 0. The van der Waals surface area contributed by atoms with Crippen LogP contribution >= 0.6 is 0 Å². The normalized spacial score (nSPS) is 24.5. The summed E-state index contributed by atoms with van der Waals surface area (Å²) in [5.74, 6) is 0.481. The van der Waals surface area contributed by atoms with Gasteiger partial charge in [0.2, 0.25) is 0 Å². The van der Waals surface area contributed by atoms with Gasteiger partial charge in [0.05, 0.1) is 0 Å². The number of piperidine rings is 3. The molecule has 0 amide bonds. The van der Waals surface area contributed by atoms with Crippen molar-refractivity contribution in [2.75, 3.05) is 45.8 Å². The first-order valence-electron chi connectivity index (χ1n) is 17.5. The maximum absolute atomic E-state index is 11.6. The molecule has 0 aliphatic carbocycles. The predicted molar refractivity (Wildman–Crippen MR) is 184 cm³/mol. The number of hydrogen-bond donors (Lipinski definition) is 1. The van der Waals surface area contributed by atoms with Crippen LogP contribution in [0.2, 0.25) is 0 Å². The molecule has 4 aliphatic rings. The van der Waals surface area contributed by atoms with Gasteiger partial charge in [0.1, 0.15) is 5.75 Å². The largest absolute Gasteiger partial charge is 0.685 e. The fraction of sp³-hybridized carbons (Fsp3) is 0.722. The number of hydrogen-bond acceptors (Lipinski definition) is 3. The van der Waals surface area contributed by atoms with E-state index in [1.807, 2.05) is 12.3 Å². The van der Waals surface area contributed by atoms with Gasteiger partial charge in [-0.1, -0.05) is 126 Å². The Hall–Kier alpha value is -0.953. The van der Waals surface area contributed by atoms with Gasteiger partial charge in [0, 0.05) is 57.2 Å². The van der Waals surface area contributed by atoms with Crippen molar-refractivity contribution in [1.82, 2.24) is 9.80 Å². The van der Waals surface area contributed by atoms with Crippen LogP contribution in [0.5, 0.6) is 5.75 Å². The molecule has 0 saturated carbocycles. The van der Waals surface area contributed by atoms with E-state index < -0.39 is 0 Å². The quantitative estimate of drug-likeness (QED) is 0.180. The van der Waals surface area contributed by atoms with Crippen LogP contribution in [0.15, 0.2) is 42.6 Å². The summed E-state index contributed by atoms with van der Waals surface area (Å²) >= 11 is 0. The maximum atomic E-state index is 11.6. The van der Waals surface area contributed by atoms with Crippen LogP contribution in [-0.2, 0) is 46.1 Å². The molecule has 268 valence electrons. The standard InChI is InChI=1S/C36H56N6O.2Ni.H2O/c43-36-30(28-41(24-16-32-12-1-5-20-37-32)25-17-33-13-2-6-21-38-33)10-9-11-31(36)29-42(26-18-34-14-3-7-22-39-34)27-19-35-15-4-8-23-40-35;;;/h1,5,9-12,20,32-35,43H,2-4,6-8,13-19,21-29H2;;;1H2/q-4;;;. The molecule has 10 heteroatoms. The zero-order chi connectivity index (χ0) is 29.5. The summed E-state index contributed by atoms with van der Waals surface area (Å²) in [4.78, 5) is 5.09. The zero-order valence-electron chi connectivity index (χ0n) is 27.7. The maximum Gasteiger partial charge on any atom is 0.124 e. The molecule has 46 heavy (non-hydrogen) atoms. The van der Waals surface area contributed by atoms with Gasteiger partial charge in [-0.05, 0) is 26.2 Å². The van der Waals surface area contributed by atoms with Gasteiger partial charge in [-0.15, -0.1) is 37.8 Å². The SMILES string of the molecule is O.Oc1c(CN(CCC2C=CC=C[N-]2)CCC2CCCC[N-]2)cccc1CN(CCC1CCCC[N-]1)CCC1CCCC[N-]1.[Ni].[Ni]. The number of benzene rings is 1. The first kappa shape index (κ1) is 41.2. The molecular formula is C36H58N6Ni2O2-4. The summed E-state index contributed by atoms with van der Waals surface area (Å²) in [6.07, 6.45) is 23.9. The molecule has 4 aliphatic heterocycles. The van der Waals surface area contributed by atoms with Crippen LogP contribution in [0.25, 0.3) is 21.3 Å². The van der Waals surface area contributed by atoms with Crippen molar-refractivity contribution in [2.24, 2.45) is 0 Å². The smallest absolute Gasteiger partial charge is 0.124 e. The van der Waals surface area contributed by atoms with Gasteiger partial charge in [0.25, 0.3) is 0 Å². The number of rotatable bonds is 16. The van der Waals surface area contributed by atoms with Crippen LogP contribution in [-0.4, -0.2) is 90.4 Å². The number of phenolic OH excluding ortho intramolecular Hbond substituents is 1. The van der Waals surface area contributed by atoms with E-state index in [1.165, 1.54) is 57.8 Å². The average Bonchev–Trinajstić information content (AvgIpc) is 3.07. The zero-order valence-corrected chi connectivity index (χ0v) is 29.6. The Morgan fingerprint density at radius 1 is 0.630 bits per heavy atom. The van der Waals surface area contributed by atoms with E-state index in [9.17, 15) is 5.11 Å². The molecular weight excluding hydrogens is 666 g/mol. The summed E-state index contributed by atoms with van der Waals surface area (Å²) in [5.41, 5.74) is 2.09. The van der Waals surface area contributed by atoms with E-state index in [0.29, 0.717) is 23.9 Å². The fourth-order valence-corrected chi connectivity index (χ4v) is 7.13. The van der Waals surface area contributed by atoms with E-state index in [2.05, 4.69) is 45.5 Å². The Kier molecular flexibility index (Phi) is 21.0. The first-order valence-corrected chi connectivity index (χ1v) is 17.5. The Labute approximate surface area is 299 Å². The second kappa shape index (κ2) is 23.4. The van der Waals surface area contributed by atoms with E-state index >= 15 is 0 Å². The Morgan fingerprint density at radius 2 is 1.09 bits per heavy atom. The Morgan fingerprint density at radius 3 is 1.48 bits per heavy atom. The molecule has 4 unspecified atom stereocenters. The first-order chi connectivity index (χ1) is 21.2. The van der Waals surface area contributed by atoms with E-state index in [-0.39, 0.29) is 44.5 Å². The fourth-order valence-electron chi connectivity index (χ4n) is 7.13. The Balaban J connectivity index is 0.00000245. The van der Waals surface area contributed by atoms with E-state index in [4.69, 9.17) is 16.0 Å². The van der Waals surface area contributed by atoms with Crippen molar-refractivity contribution in [3.05, 3.63) is 75.0 Å². The molecule has 0 bridgehead atoms. The van der Waals surface area contributed by atoms with E-state index in [0.717, 1.165) is 95.7 Å². The van der Waals surface area contributed by atoms with Crippen molar-refractivity contribution >= 4 is 0 Å². The van der Waals surface area contributed by atoms with Crippen molar-refractivity contribution in [3.63, 3.8) is 0 Å². The topological polar surface area (TPSA) is 115 Å². The van der Waals surface area contributed by atoms with Crippen LogP contribution in [0.4, 0.5) is 0 Å². The van der Waals surface area contributed by atoms with Crippen molar-refractivity contribution in [2.45, 2.75) is 121 Å². The molecule has 5 rings (SSSR count). The molecule has 3 fully saturated rings. The molecule has 0 radical (unpaired) electrons. The van der Waals surface area contributed by atoms with Gasteiger partial charge in [-0.25, -0.2) is 0 Å².